The van der Waals surface area contributed by atoms with Crippen LogP contribution < -0.4 is 0 Å². The van der Waals surface area contributed by atoms with Crippen LogP contribution in [0.5, 0.6) is 0 Å². The number of carbonyl (C=O) groups is 2. The van der Waals surface area contributed by atoms with Gasteiger partial charge in [0.25, 0.3) is 0 Å². The molecule has 1 aromatic rings. The van der Waals surface area contributed by atoms with Crippen LogP contribution in [0, 0.1) is 0 Å². The van der Waals surface area contributed by atoms with Crippen LogP contribution in [0.25, 0.3) is 0 Å². The van der Waals surface area contributed by atoms with E-state index in [1.54, 1.807) is 6.07 Å². The molecule has 2 heterocycles. The largest absolute Gasteiger partial charge is 0.453 e. The van der Waals surface area contributed by atoms with Crippen LogP contribution in [-0.2, 0) is 30.9 Å². The number of halogens is 3. The molecule has 2 unspecified atom stereocenters. The van der Waals surface area contributed by atoms with Crippen LogP contribution in [0.1, 0.15) is 44.2 Å². The molecule has 6 nitrogen and oxygen atoms in total. The summed E-state index contributed by atoms with van der Waals surface area (Å²) in [6.45, 7) is 4.51. The van der Waals surface area contributed by atoms with Gasteiger partial charge in [-0.2, -0.15) is 13.2 Å². The third-order valence-corrected chi connectivity index (χ3v) is 5.49. The van der Waals surface area contributed by atoms with Crippen molar-refractivity contribution in [3.8, 4) is 0 Å². The Bertz CT molecular complexity index is 764. The fourth-order valence-electron chi connectivity index (χ4n) is 4.35. The van der Waals surface area contributed by atoms with Crippen LogP contribution in [0.3, 0.4) is 0 Å². The van der Waals surface area contributed by atoms with Gasteiger partial charge in [0, 0.05) is 26.8 Å². The highest BCUT2D eigenvalue weighted by Gasteiger charge is 2.51. The first-order chi connectivity index (χ1) is 13.6. The molecule has 0 amide bonds. The van der Waals surface area contributed by atoms with Crippen molar-refractivity contribution < 1.29 is 32.3 Å². The van der Waals surface area contributed by atoms with E-state index in [4.69, 9.17) is 9.57 Å². The number of rotatable bonds is 4. The van der Waals surface area contributed by atoms with E-state index in [0.29, 0.717) is 5.56 Å². The van der Waals surface area contributed by atoms with Crippen molar-refractivity contribution in [3.05, 3.63) is 35.4 Å². The molecule has 0 aliphatic carbocycles. The summed E-state index contributed by atoms with van der Waals surface area (Å²) in [5.74, 6) is -1.03. The summed E-state index contributed by atoms with van der Waals surface area (Å²) in [7, 11) is 0. The van der Waals surface area contributed by atoms with Gasteiger partial charge in [-0.05, 0) is 43.6 Å². The fourth-order valence-corrected chi connectivity index (χ4v) is 4.35. The van der Waals surface area contributed by atoms with E-state index in [0.717, 1.165) is 38.1 Å². The first-order valence-corrected chi connectivity index (χ1v) is 9.67. The van der Waals surface area contributed by atoms with Crippen LogP contribution in [0.2, 0.25) is 0 Å². The zero-order valence-electron chi connectivity index (χ0n) is 16.5. The molecule has 0 spiro atoms. The Balaban J connectivity index is 2.06. The molecule has 2 atom stereocenters. The van der Waals surface area contributed by atoms with Gasteiger partial charge in [-0.15, -0.1) is 5.06 Å². The standard InChI is InChI=1S/C20H25F3N2O4/c1-14(26)28-19(16-6-5-7-17(12-16)20(21,22)23)8-11-25(29-15(2)27)13-18(19)24-9-3-4-10-24/h5-7,12,18H,3-4,8-11,13H2,1-2H3. The first-order valence-electron chi connectivity index (χ1n) is 9.67. The van der Waals surface area contributed by atoms with E-state index in [1.165, 1.54) is 25.0 Å². The summed E-state index contributed by atoms with van der Waals surface area (Å²) in [6.07, 6.45) is -2.40. The molecule has 2 fully saturated rings. The van der Waals surface area contributed by atoms with Gasteiger partial charge in [0.1, 0.15) is 0 Å². The molecular formula is C20H25F3N2O4. The lowest BCUT2D eigenvalue weighted by Crippen LogP contribution is -2.61. The molecule has 3 rings (SSSR count). The average Bonchev–Trinajstić information content (AvgIpc) is 3.16. The highest BCUT2D eigenvalue weighted by molar-refractivity contribution is 5.67. The zero-order valence-corrected chi connectivity index (χ0v) is 16.5. The van der Waals surface area contributed by atoms with Gasteiger partial charge in [0.05, 0.1) is 18.2 Å². The fraction of sp³-hybridized carbons (Fsp3) is 0.600. The third kappa shape index (κ3) is 4.72. The Kier molecular flexibility index (Phi) is 6.19. The number of alkyl halides is 3. The minimum absolute atomic E-state index is 0.211. The molecule has 0 N–H and O–H groups in total. The molecule has 0 aromatic heterocycles. The van der Waals surface area contributed by atoms with Crippen molar-refractivity contribution in [1.82, 2.24) is 9.96 Å². The molecule has 9 heteroatoms. The van der Waals surface area contributed by atoms with Crippen LogP contribution in [-0.4, -0.2) is 54.1 Å². The lowest BCUT2D eigenvalue weighted by Gasteiger charge is -2.49. The summed E-state index contributed by atoms with van der Waals surface area (Å²) < 4.78 is 45.8. The van der Waals surface area contributed by atoms with Crippen molar-refractivity contribution in [2.24, 2.45) is 0 Å². The molecule has 2 aliphatic rings. The number of ether oxygens (including phenoxy) is 1. The van der Waals surface area contributed by atoms with Gasteiger partial charge in [-0.3, -0.25) is 14.5 Å². The summed E-state index contributed by atoms with van der Waals surface area (Å²) >= 11 is 0. The lowest BCUT2D eigenvalue weighted by atomic mass is 9.79. The van der Waals surface area contributed by atoms with Gasteiger partial charge in [0.15, 0.2) is 5.60 Å². The minimum Gasteiger partial charge on any atom is -0.453 e. The Labute approximate surface area is 167 Å². The number of nitrogens with zero attached hydrogens (tertiary/aromatic N) is 2. The SMILES string of the molecule is CC(=O)ON1CCC(OC(C)=O)(c2cccc(C(F)(F)F)c2)C(N2CCCC2)C1. The van der Waals surface area contributed by atoms with E-state index < -0.39 is 35.3 Å². The number of hydrogen-bond donors (Lipinski definition) is 0. The first kappa shape index (κ1) is 21.6. The zero-order chi connectivity index (χ0) is 21.2. The van der Waals surface area contributed by atoms with Crippen LogP contribution in [0.15, 0.2) is 24.3 Å². The maximum absolute atomic E-state index is 13.3. The smallest absolute Gasteiger partial charge is 0.416 e. The van der Waals surface area contributed by atoms with Crippen LogP contribution in [0.4, 0.5) is 13.2 Å². The number of carbonyl (C=O) groups excluding carboxylic acids is 2. The van der Waals surface area contributed by atoms with Crippen molar-refractivity contribution in [2.75, 3.05) is 26.2 Å². The predicted molar refractivity (Wildman–Crippen MR) is 97.4 cm³/mol. The maximum atomic E-state index is 13.3. The van der Waals surface area contributed by atoms with Gasteiger partial charge in [-0.1, -0.05) is 12.1 Å². The highest BCUT2D eigenvalue weighted by Crippen LogP contribution is 2.42. The monoisotopic (exact) mass is 414 g/mol. The Hall–Kier alpha value is -2.13. The molecule has 0 bridgehead atoms. The van der Waals surface area contributed by atoms with Gasteiger partial charge >= 0.3 is 18.1 Å². The second-order valence-corrected chi connectivity index (χ2v) is 7.54. The van der Waals surface area contributed by atoms with E-state index in [2.05, 4.69) is 4.90 Å². The number of esters is 1. The van der Waals surface area contributed by atoms with Crippen LogP contribution >= 0.6 is 0 Å². The predicted octanol–water partition coefficient (Wildman–Crippen LogP) is 3.11. The summed E-state index contributed by atoms with van der Waals surface area (Å²) in [5.41, 5.74) is -1.74. The molecule has 0 saturated carbocycles. The molecule has 2 saturated heterocycles. The summed E-state index contributed by atoms with van der Waals surface area (Å²) in [4.78, 5) is 30.8. The molecule has 0 radical (unpaired) electrons. The van der Waals surface area contributed by atoms with E-state index >= 15 is 0 Å². The highest BCUT2D eigenvalue weighted by atomic mass is 19.4. The Morgan fingerprint density at radius 2 is 1.79 bits per heavy atom. The van der Waals surface area contributed by atoms with Gasteiger partial charge in [0.2, 0.25) is 0 Å². The third-order valence-electron chi connectivity index (χ3n) is 5.49. The Morgan fingerprint density at radius 1 is 1.10 bits per heavy atom. The van der Waals surface area contributed by atoms with E-state index in [9.17, 15) is 22.8 Å². The summed E-state index contributed by atoms with van der Waals surface area (Å²) in [6, 6.07) is 4.54. The van der Waals surface area contributed by atoms with E-state index in [-0.39, 0.29) is 19.5 Å². The number of hydroxylamine groups is 2. The van der Waals surface area contributed by atoms with Crippen molar-refractivity contribution >= 4 is 11.9 Å². The van der Waals surface area contributed by atoms with E-state index in [1.807, 2.05) is 0 Å². The number of hydrogen-bond acceptors (Lipinski definition) is 6. The number of piperidine rings is 1. The molecule has 2 aliphatic heterocycles. The Morgan fingerprint density at radius 3 is 2.38 bits per heavy atom. The maximum Gasteiger partial charge on any atom is 0.416 e. The number of benzene rings is 1. The summed E-state index contributed by atoms with van der Waals surface area (Å²) in [5, 5.41) is 1.50. The second-order valence-electron chi connectivity index (χ2n) is 7.54. The quantitative estimate of drug-likeness (QED) is 0.706. The van der Waals surface area contributed by atoms with Crippen molar-refractivity contribution in [2.45, 2.75) is 50.9 Å². The van der Waals surface area contributed by atoms with Gasteiger partial charge < -0.3 is 9.57 Å². The minimum atomic E-state index is -4.50. The normalized spacial score (nSPS) is 26.3. The van der Waals surface area contributed by atoms with Crippen molar-refractivity contribution in [1.29, 1.82) is 0 Å². The van der Waals surface area contributed by atoms with Crippen molar-refractivity contribution in [3.63, 3.8) is 0 Å². The topological polar surface area (TPSA) is 59.1 Å². The molecular weight excluding hydrogens is 389 g/mol. The molecule has 1 aromatic carbocycles. The second kappa shape index (κ2) is 8.31. The molecule has 29 heavy (non-hydrogen) atoms. The molecule has 160 valence electrons. The van der Waals surface area contributed by atoms with Gasteiger partial charge in [-0.25, -0.2) is 0 Å². The lowest BCUT2D eigenvalue weighted by molar-refractivity contribution is -0.225. The number of likely N-dealkylation sites (tertiary alicyclic amines) is 1. The average molecular weight is 414 g/mol.